The zero-order valence-electron chi connectivity index (χ0n) is 11.5. The number of carbonyl (C=O) groups excluding carboxylic acids is 1. The molecular formula is C15H19N3O2. The Labute approximate surface area is 117 Å². The largest absolute Gasteiger partial charge is 0.399 e. The number of aromatic amines is 1. The second kappa shape index (κ2) is 5.17. The maximum absolute atomic E-state index is 12.3. The van der Waals surface area contributed by atoms with Gasteiger partial charge in [-0.3, -0.25) is 4.79 Å². The van der Waals surface area contributed by atoms with E-state index < -0.39 is 0 Å². The number of fused-ring (bicyclic) bond motifs is 1. The third-order valence-electron chi connectivity index (χ3n) is 3.78. The zero-order valence-corrected chi connectivity index (χ0v) is 11.5. The number of rotatable bonds is 4. The Hall–Kier alpha value is -2.01. The first kappa shape index (κ1) is 13.0. The normalized spacial score (nSPS) is 21.6. The van der Waals surface area contributed by atoms with Gasteiger partial charge < -0.3 is 20.8 Å². The first-order valence-corrected chi connectivity index (χ1v) is 6.96. The number of aromatic nitrogens is 1. The molecule has 0 radical (unpaired) electrons. The summed E-state index contributed by atoms with van der Waals surface area (Å²) < 4.78 is 5.49. The lowest BCUT2D eigenvalue weighted by Gasteiger charge is -2.35. The minimum absolute atomic E-state index is 0.0539. The Kier molecular flexibility index (Phi) is 3.36. The van der Waals surface area contributed by atoms with E-state index in [0.29, 0.717) is 17.4 Å². The van der Waals surface area contributed by atoms with Gasteiger partial charge in [0, 0.05) is 35.4 Å². The number of anilines is 1. The van der Waals surface area contributed by atoms with Crippen LogP contribution >= 0.6 is 0 Å². The van der Waals surface area contributed by atoms with Gasteiger partial charge >= 0.3 is 0 Å². The molecule has 4 N–H and O–H groups in total. The van der Waals surface area contributed by atoms with Gasteiger partial charge in [0.05, 0.1) is 11.7 Å². The van der Waals surface area contributed by atoms with Crippen LogP contribution in [-0.4, -0.2) is 29.6 Å². The number of carbonyl (C=O) groups is 1. The molecule has 20 heavy (non-hydrogen) atoms. The molecular weight excluding hydrogens is 254 g/mol. The smallest absolute Gasteiger partial charge is 0.253 e. The molecule has 3 rings (SSSR count). The lowest BCUT2D eigenvalue weighted by molar-refractivity contribution is -0.00860. The summed E-state index contributed by atoms with van der Waals surface area (Å²) in [7, 11) is 0. The highest BCUT2D eigenvalue weighted by Gasteiger charge is 2.31. The summed E-state index contributed by atoms with van der Waals surface area (Å²) in [6.45, 7) is 2.72. The van der Waals surface area contributed by atoms with Crippen molar-refractivity contribution in [2.75, 3.05) is 12.3 Å². The molecule has 2 aromatic rings. The summed E-state index contributed by atoms with van der Waals surface area (Å²) >= 11 is 0. The van der Waals surface area contributed by atoms with Gasteiger partial charge in [-0.1, -0.05) is 0 Å². The summed E-state index contributed by atoms with van der Waals surface area (Å²) in [5, 5.41) is 3.90. The Morgan fingerprint density at radius 1 is 1.50 bits per heavy atom. The third-order valence-corrected chi connectivity index (χ3v) is 3.78. The van der Waals surface area contributed by atoms with E-state index in [4.69, 9.17) is 10.5 Å². The van der Waals surface area contributed by atoms with Crippen molar-refractivity contribution < 1.29 is 9.53 Å². The molecule has 0 atom stereocenters. The summed E-state index contributed by atoms with van der Waals surface area (Å²) in [6.07, 6.45) is 3.82. The van der Waals surface area contributed by atoms with Gasteiger partial charge in [-0.15, -0.1) is 0 Å². The summed E-state index contributed by atoms with van der Waals surface area (Å²) in [6, 6.07) is 5.74. The number of amides is 1. The van der Waals surface area contributed by atoms with Crippen LogP contribution < -0.4 is 11.1 Å². The van der Waals surface area contributed by atoms with Gasteiger partial charge in [0.2, 0.25) is 0 Å². The Bertz CT molecular complexity index is 629. The number of H-pyrrole nitrogens is 1. The molecule has 1 aromatic carbocycles. The zero-order chi connectivity index (χ0) is 14.1. The topological polar surface area (TPSA) is 80.1 Å². The van der Waals surface area contributed by atoms with Crippen molar-refractivity contribution >= 4 is 22.5 Å². The van der Waals surface area contributed by atoms with Crippen molar-refractivity contribution in [3.8, 4) is 0 Å². The lowest BCUT2D eigenvalue weighted by atomic mass is 9.89. The molecule has 1 heterocycles. The van der Waals surface area contributed by atoms with E-state index in [1.54, 1.807) is 6.20 Å². The van der Waals surface area contributed by atoms with E-state index in [0.717, 1.165) is 30.4 Å². The quantitative estimate of drug-likeness (QED) is 0.746. The molecule has 5 heteroatoms. The van der Waals surface area contributed by atoms with E-state index in [9.17, 15) is 4.79 Å². The summed E-state index contributed by atoms with van der Waals surface area (Å²) in [4.78, 5) is 15.4. The van der Waals surface area contributed by atoms with Gasteiger partial charge in [-0.05, 0) is 38.0 Å². The number of nitrogens with one attached hydrogen (secondary N) is 2. The molecule has 0 saturated heterocycles. The highest BCUT2D eigenvalue weighted by Crippen LogP contribution is 2.25. The molecule has 1 saturated carbocycles. The van der Waals surface area contributed by atoms with Crippen LogP contribution in [0.25, 0.3) is 10.9 Å². The minimum Gasteiger partial charge on any atom is -0.399 e. The standard InChI is InChI=1S/C15H19N3O2/c1-2-20-11-6-10(7-11)18-15(19)13-8-17-14-4-3-9(16)5-12(13)14/h3-5,8,10-11,17H,2,6-7,16H2,1H3,(H,18,19). The average molecular weight is 273 g/mol. The van der Waals surface area contributed by atoms with Gasteiger partial charge in [0.25, 0.3) is 5.91 Å². The van der Waals surface area contributed by atoms with Crippen LogP contribution in [0.15, 0.2) is 24.4 Å². The van der Waals surface area contributed by atoms with Gasteiger partial charge in [0.1, 0.15) is 0 Å². The van der Waals surface area contributed by atoms with Gasteiger partial charge in [-0.25, -0.2) is 0 Å². The van der Waals surface area contributed by atoms with Crippen molar-refractivity contribution in [1.29, 1.82) is 0 Å². The van der Waals surface area contributed by atoms with Crippen LogP contribution in [0.1, 0.15) is 30.1 Å². The first-order valence-electron chi connectivity index (χ1n) is 6.96. The van der Waals surface area contributed by atoms with Crippen LogP contribution in [0.4, 0.5) is 5.69 Å². The molecule has 1 aliphatic rings. The van der Waals surface area contributed by atoms with Crippen LogP contribution in [0.2, 0.25) is 0 Å². The molecule has 1 fully saturated rings. The Morgan fingerprint density at radius 3 is 3.05 bits per heavy atom. The molecule has 106 valence electrons. The van der Waals surface area contributed by atoms with Crippen LogP contribution in [0, 0.1) is 0 Å². The molecule has 0 spiro atoms. The number of hydrogen-bond donors (Lipinski definition) is 3. The number of nitrogens with two attached hydrogens (primary N) is 1. The minimum atomic E-state index is -0.0539. The fourth-order valence-electron chi connectivity index (χ4n) is 2.64. The van der Waals surface area contributed by atoms with E-state index in [1.165, 1.54) is 0 Å². The van der Waals surface area contributed by atoms with Gasteiger partial charge in [-0.2, -0.15) is 0 Å². The fourth-order valence-corrected chi connectivity index (χ4v) is 2.64. The van der Waals surface area contributed by atoms with Crippen molar-refractivity contribution in [2.24, 2.45) is 0 Å². The van der Waals surface area contributed by atoms with Crippen LogP contribution in [0.3, 0.4) is 0 Å². The number of hydrogen-bond acceptors (Lipinski definition) is 3. The number of benzene rings is 1. The molecule has 1 aliphatic carbocycles. The van der Waals surface area contributed by atoms with Crippen molar-refractivity contribution in [1.82, 2.24) is 10.3 Å². The summed E-state index contributed by atoms with van der Waals surface area (Å²) in [5.74, 6) is -0.0539. The van der Waals surface area contributed by atoms with E-state index in [-0.39, 0.29) is 11.9 Å². The van der Waals surface area contributed by atoms with E-state index in [1.807, 2.05) is 25.1 Å². The number of nitrogen functional groups attached to an aromatic ring is 1. The van der Waals surface area contributed by atoms with E-state index in [2.05, 4.69) is 10.3 Å². The highest BCUT2D eigenvalue weighted by atomic mass is 16.5. The monoisotopic (exact) mass is 273 g/mol. The average Bonchev–Trinajstić information content (AvgIpc) is 2.79. The Morgan fingerprint density at radius 2 is 2.30 bits per heavy atom. The van der Waals surface area contributed by atoms with Crippen molar-refractivity contribution in [3.05, 3.63) is 30.0 Å². The van der Waals surface area contributed by atoms with Crippen molar-refractivity contribution in [2.45, 2.75) is 31.9 Å². The summed E-state index contributed by atoms with van der Waals surface area (Å²) in [5.41, 5.74) is 8.01. The maximum Gasteiger partial charge on any atom is 0.253 e. The van der Waals surface area contributed by atoms with E-state index >= 15 is 0 Å². The van der Waals surface area contributed by atoms with Gasteiger partial charge in [0.15, 0.2) is 0 Å². The third kappa shape index (κ3) is 2.36. The lowest BCUT2D eigenvalue weighted by Crippen LogP contribution is -2.47. The second-order valence-electron chi connectivity index (χ2n) is 5.23. The second-order valence-corrected chi connectivity index (χ2v) is 5.23. The maximum atomic E-state index is 12.3. The Balaban J connectivity index is 1.69. The first-order chi connectivity index (χ1) is 9.67. The predicted octanol–water partition coefficient (Wildman–Crippen LogP) is 2.05. The molecule has 0 aliphatic heterocycles. The SMILES string of the molecule is CCOC1CC(NC(=O)c2c[nH]c3ccc(N)cc23)C1. The molecule has 1 amide bonds. The molecule has 1 aromatic heterocycles. The van der Waals surface area contributed by atoms with Crippen LogP contribution in [0.5, 0.6) is 0 Å². The molecule has 0 unspecified atom stereocenters. The number of ether oxygens (including phenoxy) is 1. The fraction of sp³-hybridized carbons (Fsp3) is 0.400. The highest BCUT2D eigenvalue weighted by molar-refractivity contribution is 6.07. The molecule has 5 nitrogen and oxygen atoms in total. The molecule has 0 bridgehead atoms. The van der Waals surface area contributed by atoms with Crippen LogP contribution in [-0.2, 0) is 4.74 Å². The van der Waals surface area contributed by atoms with Crippen molar-refractivity contribution in [3.63, 3.8) is 0 Å². The predicted molar refractivity (Wildman–Crippen MR) is 78.6 cm³/mol.